The van der Waals surface area contributed by atoms with Crippen molar-refractivity contribution < 1.29 is 9.18 Å². The number of halogens is 1. The lowest BCUT2D eigenvalue weighted by atomic mass is 10.1. The lowest BCUT2D eigenvalue weighted by Crippen LogP contribution is -2.21. The van der Waals surface area contributed by atoms with Crippen molar-refractivity contribution in [3.05, 3.63) is 54.0 Å². The van der Waals surface area contributed by atoms with Gasteiger partial charge in [-0.25, -0.2) is 9.37 Å². The van der Waals surface area contributed by atoms with Crippen LogP contribution in [0.4, 0.5) is 10.2 Å². The smallest absolute Gasteiger partial charge is 0.228 e. The molecule has 4 rings (SSSR count). The Hall–Kier alpha value is -2.69. The van der Waals surface area contributed by atoms with Crippen LogP contribution in [0, 0.1) is 18.7 Å². The summed E-state index contributed by atoms with van der Waals surface area (Å²) < 4.78 is 15.6. The highest BCUT2D eigenvalue weighted by atomic mass is 19.1. The highest BCUT2D eigenvalue weighted by molar-refractivity contribution is 5.96. The number of fused-ring (bicyclic) bond motifs is 1. The van der Waals surface area contributed by atoms with Gasteiger partial charge in [-0.1, -0.05) is 25.0 Å². The molecule has 1 fully saturated rings. The van der Waals surface area contributed by atoms with Gasteiger partial charge < -0.3 is 5.32 Å². The van der Waals surface area contributed by atoms with Crippen LogP contribution in [-0.2, 0) is 4.79 Å². The molecule has 2 aromatic heterocycles. The minimum Gasteiger partial charge on any atom is -0.310 e. The molecule has 3 aromatic rings. The van der Waals surface area contributed by atoms with E-state index in [4.69, 9.17) is 0 Å². The van der Waals surface area contributed by atoms with Crippen molar-refractivity contribution in [2.75, 3.05) is 5.32 Å². The number of rotatable bonds is 3. The number of carbonyl (C=O) groups excluding carboxylic acids is 1. The monoisotopic (exact) mass is 337 g/mol. The third kappa shape index (κ3) is 3.02. The number of anilines is 1. The van der Waals surface area contributed by atoms with E-state index in [0.717, 1.165) is 36.9 Å². The number of aryl methyl sites for hydroxylation is 1. The number of amides is 1. The fourth-order valence-electron chi connectivity index (χ4n) is 3.51. The van der Waals surface area contributed by atoms with Gasteiger partial charge in [0.2, 0.25) is 5.91 Å². The minimum atomic E-state index is -0.321. The molecule has 5 heteroatoms. The predicted octanol–water partition coefficient (Wildman–Crippen LogP) is 4.58. The molecule has 0 spiro atoms. The van der Waals surface area contributed by atoms with Crippen molar-refractivity contribution in [2.24, 2.45) is 5.92 Å². The predicted molar refractivity (Wildman–Crippen MR) is 95.9 cm³/mol. The molecule has 4 nitrogen and oxygen atoms in total. The first-order chi connectivity index (χ1) is 12.1. The van der Waals surface area contributed by atoms with Crippen molar-refractivity contribution in [2.45, 2.75) is 32.6 Å². The Bertz CT molecular complexity index is 941. The molecule has 0 aliphatic heterocycles. The molecule has 1 amide bonds. The van der Waals surface area contributed by atoms with Gasteiger partial charge in [0.25, 0.3) is 0 Å². The van der Waals surface area contributed by atoms with Crippen LogP contribution in [0.3, 0.4) is 0 Å². The third-order valence-electron chi connectivity index (χ3n) is 4.85. The summed E-state index contributed by atoms with van der Waals surface area (Å²) in [6, 6.07) is 10.2. The molecule has 0 atom stereocenters. The largest absolute Gasteiger partial charge is 0.310 e. The summed E-state index contributed by atoms with van der Waals surface area (Å²) in [6.45, 7) is 1.99. The molecule has 25 heavy (non-hydrogen) atoms. The number of pyridine rings is 1. The molecule has 1 aromatic carbocycles. The summed E-state index contributed by atoms with van der Waals surface area (Å²) in [5.41, 5.74) is 3.07. The Morgan fingerprint density at radius 1 is 1.24 bits per heavy atom. The van der Waals surface area contributed by atoms with E-state index in [1.165, 1.54) is 12.1 Å². The Labute approximate surface area is 145 Å². The van der Waals surface area contributed by atoms with Gasteiger partial charge in [0.15, 0.2) is 0 Å². The van der Waals surface area contributed by atoms with Gasteiger partial charge >= 0.3 is 0 Å². The molecule has 0 unspecified atom stereocenters. The molecule has 1 N–H and O–H groups in total. The summed E-state index contributed by atoms with van der Waals surface area (Å²) >= 11 is 0. The lowest BCUT2D eigenvalue weighted by molar-refractivity contribution is -0.119. The molecular weight excluding hydrogens is 317 g/mol. The quantitative estimate of drug-likeness (QED) is 0.760. The van der Waals surface area contributed by atoms with Crippen molar-refractivity contribution in [3.8, 4) is 11.3 Å². The van der Waals surface area contributed by atoms with Gasteiger partial charge in [-0.2, -0.15) is 0 Å². The van der Waals surface area contributed by atoms with Crippen LogP contribution >= 0.6 is 0 Å². The average Bonchev–Trinajstić information content (AvgIpc) is 3.23. The molecular formula is C20H20FN3O. The first-order valence-electron chi connectivity index (χ1n) is 8.67. The summed E-state index contributed by atoms with van der Waals surface area (Å²) in [4.78, 5) is 17.3. The van der Waals surface area contributed by atoms with E-state index < -0.39 is 0 Å². The molecule has 0 radical (unpaired) electrons. The standard InChI is InChI=1S/C20H20FN3O/c1-13-9-10-24-17(11-13)22-18(15-7-4-8-16(21)12-15)19(24)23-20(25)14-5-2-3-6-14/h4,7-12,14H,2-3,5-6H2,1H3,(H,23,25). The van der Waals surface area contributed by atoms with Crippen LogP contribution in [-0.4, -0.2) is 15.3 Å². The van der Waals surface area contributed by atoms with Crippen LogP contribution in [0.1, 0.15) is 31.2 Å². The zero-order valence-electron chi connectivity index (χ0n) is 14.1. The molecule has 2 heterocycles. The lowest BCUT2D eigenvalue weighted by Gasteiger charge is -2.12. The van der Waals surface area contributed by atoms with E-state index in [0.29, 0.717) is 17.1 Å². The van der Waals surface area contributed by atoms with E-state index in [2.05, 4.69) is 10.3 Å². The second-order valence-electron chi connectivity index (χ2n) is 6.72. The Morgan fingerprint density at radius 2 is 2.04 bits per heavy atom. The summed E-state index contributed by atoms with van der Waals surface area (Å²) in [5.74, 6) is 0.366. The van der Waals surface area contributed by atoms with Gasteiger partial charge in [-0.3, -0.25) is 9.20 Å². The topological polar surface area (TPSA) is 46.4 Å². The van der Waals surface area contributed by atoms with Gasteiger partial charge in [-0.05, 0) is 49.6 Å². The van der Waals surface area contributed by atoms with Crippen LogP contribution in [0.5, 0.6) is 0 Å². The number of imidazole rings is 1. The maximum absolute atomic E-state index is 13.7. The Morgan fingerprint density at radius 3 is 2.80 bits per heavy atom. The SMILES string of the molecule is Cc1ccn2c(NC(=O)C3CCCC3)c(-c3cccc(F)c3)nc2c1. The van der Waals surface area contributed by atoms with E-state index in [1.807, 2.05) is 35.7 Å². The van der Waals surface area contributed by atoms with E-state index in [9.17, 15) is 9.18 Å². The van der Waals surface area contributed by atoms with Crippen molar-refractivity contribution >= 4 is 17.4 Å². The fourth-order valence-corrected chi connectivity index (χ4v) is 3.51. The van der Waals surface area contributed by atoms with Crippen molar-refractivity contribution in [3.63, 3.8) is 0 Å². The number of hydrogen-bond donors (Lipinski definition) is 1. The number of hydrogen-bond acceptors (Lipinski definition) is 2. The van der Waals surface area contributed by atoms with Crippen LogP contribution < -0.4 is 5.32 Å². The molecule has 1 aliphatic carbocycles. The third-order valence-corrected chi connectivity index (χ3v) is 4.85. The van der Waals surface area contributed by atoms with E-state index >= 15 is 0 Å². The Kier molecular flexibility index (Phi) is 3.99. The highest BCUT2D eigenvalue weighted by Crippen LogP contribution is 2.32. The maximum Gasteiger partial charge on any atom is 0.228 e. The van der Waals surface area contributed by atoms with Gasteiger partial charge in [0.1, 0.15) is 23.0 Å². The van der Waals surface area contributed by atoms with Crippen molar-refractivity contribution in [1.29, 1.82) is 0 Å². The molecule has 1 aliphatic rings. The molecule has 128 valence electrons. The second kappa shape index (κ2) is 6.31. The number of carbonyl (C=O) groups is 1. The zero-order valence-corrected chi connectivity index (χ0v) is 14.1. The molecule has 0 saturated heterocycles. The van der Waals surface area contributed by atoms with E-state index in [1.54, 1.807) is 6.07 Å². The molecule has 0 bridgehead atoms. The minimum absolute atomic E-state index is 0.0255. The number of benzene rings is 1. The van der Waals surface area contributed by atoms with Crippen LogP contribution in [0.25, 0.3) is 16.9 Å². The summed E-state index contributed by atoms with van der Waals surface area (Å²) in [7, 11) is 0. The average molecular weight is 337 g/mol. The van der Waals surface area contributed by atoms with Gasteiger partial charge in [0, 0.05) is 17.7 Å². The van der Waals surface area contributed by atoms with Crippen molar-refractivity contribution in [1.82, 2.24) is 9.38 Å². The normalized spacial score (nSPS) is 15.0. The second-order valence-corrected chi connectivity index (χ2v) is 6.72. The highest BCUT2D eigenvalue weighted by Gasteiger charge is 2.25. The fraction of sp³-hybridized carbons (Fsp3) is 0.300. The maximum atomic E-state index is 13.7. The number of nitrogens with zero attached hydrogens (tertiary/aromatic N) is 2. The van der Waals surface area contributed by atoms with Crippen LogP contribution in [0.15, 0.2) is 42.6 Å². The van der Waals surface area contributed by atoms with Crippen LogP contribution in [0.2, 0.25) is 0 Å². The summed E-state index contributed by atoms with van der Waals surface area (Å²) in [5, 5.41) is 3.05. The van der Waals surface area contributed by atoms with E-state index in [-0.39, 0.29) is 17.6 Å². The molecule has 1 saturated carbocycles. The summed E-state index contributed by atoms with van der Waals surface area (Å²) in [6.07, 6.45) is 5.95. The van der Waals surface area contributed by atoms with Gasteiger partial charge in [-0.15, -0.1) is 0 Å². The zero-order chi connectivity index (χ0) is 17.4. The number of aromatic nitrogens is 2. The first kappa shape index (κ1) is 15.8. The first-order valence-corrected chi connectivity index (χ1v) is 8.67. The Balaban J connectivity index is 1.81. The number of nitrogens with one attached hydrogen (secondary N) is 1. The van der Waals surface area contributed by atoms with Gasteiger partial charge in [0.05, 0.1) is 0 Å².